The van der Waals surface area contributed by atoms with Crippen molar-refractivity contribution in [1.29, 1.82) is 0 Å². The van der Waals surface area contributed by atoms with Crippen molar-refractivity contribution in [3.8, 4) is 11.5 Å². The van der Waals surface area contributed by atoms with E-state index in [9.17, 15) is 27.1 Å². The van der Waals surface area contributed by atoms with Gasteiger partial charge >= 0.3 is 12.1 Å². The normalized spacial score (nSPS) is 18.2. The summed E-state index contributed by atoms with van der Waals surface area (Å²) in [7, 11) is -0.544. The maximum Gasteiger partial charge on any atom is 0.416 e. The molecule has 0 saturated heterocycles. The summed E-state index contributed by atoms with van der Waals surface area (Å²) in [4.78, 5) is 12.9. The molecule has 44 heavy (non-hydrogen) atoms. The number of ether oxygens (including phenoxy) is 3. The fraction of sp³-hybridized carbons (Fsp3) is 0.367. The highest BCUT2D eigenvalue weighted by Gasteiger charge is 2.38. The van der Waals surface area contributed by atoms with Crippen LogP contribution < -0.4 is 9.47 Å². The van der Waals surface area contributed by atoms with Gasteiger partial charge in [-0.05, 0) is 60.9 Å². The molecule has 1 aliphatic rings. The largest absolute Gasteiger partial charge is 0.494 e. The molecule has 236 valence electrons. The van der Waals surface area contributed by atoms with E-state index in [0.717, 1.165) is 6.07 Å². The van der Waals surface area contributed by atoms with Crippen molar-refractivity contribution in [3.63, 3.8) is 0 Å². The highest BCUT2D eigenvalue weighted by molar-refractivity contribution is 8.22. The molecule has 0 spiro atoms. The van der Waals surface area contributed by atoms with Gasteiger partial charge in [0.15, 0.2) is 0 Å². The fourth-order valence-electron chi connectivity index (χ4n) is 5.49. The Balaban J connectivity index is 1.63. The minimum Gasteiger partial charge on any atom is -0.494 e. The topological polar surface area (TPSA) is 119 Å². The molecular formula is C30H33F3N4O6S. The molecule has 0 bridgehead atoms. The molecule has 0 saturated carbocycles. The zero-order valence-corrected chi connectivity index (χ0v) is 25.4. The van der Waals surface area contributed by atoms with Gasteiger partial charge in [0.1, 0.15) is 33.5 Å². The van der Waals surface area contributed by atoms with Gasteiger partial charge in [-0.3, -0.25) is 13.9 Å². The SMILES string of the molecule is CCOC(=O)CC(c1ccc(C(F)(F)F)c(CN2CC(C)Oc3ccccc3S2(O)O)c1)c1cc(OC)c2c(c1)nnn2C. The molecule has 2 heterocycles. The fourth-order valence-corrected chi connectivity index (χ4v) is 7.15. The minimum absolute atomic E-state index is 0.0503. The second-order valence-corrected chi connectivity index (χ2v) is 12.5. The minimum atomic E-state index is -4.74. The van der Waals surface area contributed by atoms with Gasteiger partial charge in [-0.15, -0.1) is 15.9 Å². The Morgan fingerprint density at radius 2 is 1.91 bits per heavy atom. The highest BCUT2D eigenvalue weighted by atomic mass is 32.3. The third-order valence-corrected chi connectivity index (χ3v) is 9.39. The first-order valence-electron chi connectivity index (χ1n) is 13.9. The lowest BCUT2D eigenvalue weighted by Crippen LogP contribution is -2.34. The molecule has 5 rings (SSSR count). The summed E-state index contributed by atoms with van der Waals surface area (Å²) in [6.45, 7) is 3.00. The average Bonchev–Trinajstić information content (AvgIpc) is 3.31. The van der Waals surface area contributed by atoms with Crippen LogP contribution in [-0.2, 0) is 29.3 Å². The summed E-state index contributed by atoms with van der Waals surface area (Å²) in [5, 5.41) is 8.21. The first-order chi connectivity index (χ1) is 20.8. The molecule has 14 heteroatoms. The second kappa shape index (κ2) is 12.3. The summed E-state index contributed by atoms with van der Waals surface area (Å²) in [5.74, 6) is -0.600. The Bertz CT molecular complexity index is 1680. The van der Waals surface area contributed by atoms with Gasteiger partial charge in [0.2, 0.25) is 0 Å². The number of aromatic nitrogens is 3. The Labute approximate surface area is 253 Å². The third kappa shape index (κ3) is 6.20. The van der Waals surface area contributed by atoms with E-state index in [1.165, 1.54) is 34.3 Å². The number of hydrogen-bond donors (Lipinski definition) is 2. The van der Waals surface area contributed by atoms with Crippen LogP contribution >= 0.6 is 10.8 Å². The number of nitrogens with zero attached hydrogens (tertiary/aromatic N) is 4. The molecule has 2 atom stereocenters. The van der Waals surface area contributed by atoms with Crippen LogP contribution in [0, 0.1) is 0 Å². The number of esters is 1. The summed E-state index contributed by atoms with van der Waals surface area (Å²) < 4.78 is 85.2. The number of carbonyl (C=O) groups excluding carboxylic acids is 1. The molecule has 2 unspecified atom stereocenters. The van der Waals surface area contributed by atoms with Crippen molar-refractivity contribution in [2.45, 2.75) is 49.9 Å². The van der Waals surface area contributed by atoms with Crippen molar-refractivity contribution in [1.82, 2.24) is 19.3 Å². The number of benzene rings is 3. The monoisotopic (exact) mass is 634 g/mol. The van der Waals surface area contributed by atoms with Crippen LogP contribution in [0.4, 0.5) is 13.2 Å². The molecule has 0 radical (unpaired) electrons. The number of methoxy groups -OCH3 is 1. The average molecular weight is 635 g/mol. The summed E-state index contributed by atoms with van der Waals surface area (Å²) in [6.07, 6.45) is -5.46. The molecule has 0 amide bonds. The van der Waals surface area contributed by atoms with Gasteiger partial charge in [-0.25, -0.2) is 4.68 Å². The number of rotatable bonds is 8. The Morgan fingerprint density at radius 3 is 2.61 bits per heavy atom. The zero-order chi connectivity index (χ0) is 31.8. The van der Waals surface area contributed by atoms with Crippen molar-refractivity contribution in [2.24, 2.45) is 7.05 Å². The molecule has 10 nitrogen and oxygen atoms in total. The predicted octanol–water partition coefficient (Wildman–Crippen LogP) is 6.39. The van der Waals surface area contributed by atoms with Crippen LogP contribution in [0.3, 0.4) is 0 Å². The van der Waals surface area contributed by atoms with Crippen LogP contribution in [0.25, 0.3) is 11.0 Å². The smallest absolute Gasteiger partial charge is 0.416 e. The van der Waals surface area contributed by atoms with E-state index in [1.54, 1.807) is 51.2 Å². The summed E-state index contributed by atoms with van der Waals surface area (Å²) in [5.41, 5.74) is 0.921. The number of carbonyl (C=O) groups is 1. The summed E-state index contributed by atoms with van der Waals surface area (Å²) in [6, 6.07) is 13.4. The molecule has 0 fully saturated rings. The van der Waals surface area contributed by atoms with Gasteiger partial charge in [0, 0.05) is 19.5 Å². The third-order valence-electron chi connectivity index (χ3n) is 7.46. The molecule has 4 aromatic rings. The van der Waals surface area contributed by atoms with Crippen molar-refractivity contribution in [3.05, 3.63) is 76.9 Å². The first-order valence-corrected chi connectivity index (χ1v) is 15.4. The Hall–Kier alpha value is -3.85. The molecule has 3 aromatic carbocycles. The van der Waals surface area contributed by atoms with Crippen LogP contribution in [0.5, 0.6) is 11.5 Å². The van der Waals surface area contributed by atoms with Crippen LogP contribution in [0.1, 0.15) is 48.4 Å². The van der Waals surface area contributed by atoms with Gasteiger partial charge in [0.25, 0.3) is 0 Å². The van der Waals surface area contributed by atoms with E-state index in [-0.39, 0.29) is 35.8 Å². The summed E-state index contributed by atoms with van der Waals surface area (Å²) >= 11 is 0. The lowest BCUT2D eigenvalue weighted by molar-refractivity contribution is -0.143. The maximum absolute atomic E-state index is 14.4. The van der Waals surface area contributed by atoms with E-state index < -0.39 is 47.1 Å². The molecule has 2 N–H and O–H groups in total. The van der Waals surface area contributed by atoms with Gasteiger partial charge in [-0.2, -0.15) is 17.5 Å². The Kier molecular flexibility index (Phi) is 8.80. The van der Waals surface area contributed by atoms with E-state index in [4.69, 9.17) is 14.2 Å². The maximum atomic E-state index is 14.4. The quantitative estimate of drug-likeness (QED) is 0.213. The van der Waals surface area contributed by atoms with Gasteiger partial charge < -0.3 is 14.2 Å². The second-order valence-electron chi connectivity index (χ2n) is 10.5. The molecule has 1 aliphatic heterocycles. The van der Waals surface area contributed by atoms with E-state index >= 15 is 0 Å². The molecular weight excluding hydrogens is 601 g/mol. The number of aryl methyl sites for hydroxylation is 1. The van der Waals surface area contributed by atoms with Crippen molar-refractivity contribution < 1.29 is 41.3 Å². The number of fused-ring (bicyclic) bond motifs is 2. The molecule has 0 aliphatic carbocycles. The zero-order valence-electron chi connectivity index (χ0n) is 24.5. The standard InChI is InChI=1S/C30H33F3N4O6S/c1-5-42-28(38)15-22(20-13-24-29(26(14-20)41-4)36(3)35-34-24)19-10-11-23(30(31,32)33)21(12-19)17-37-16-18(2)43-25-8-6-7-9-27(25)44(37,39)40/h6-14,18,22,39-40H,5,15-17H2,1-4H3. The number of alkyl halides is 3. The van der Waals surface area contributed by atoms with E-state index in [2.05, 4.69) is 10.3 Å². The van der Waals surface area contributed by atoms with Crippen molar-refractivity contribution in [2.75, 3.05) is 20.3 Å². The lowest BCUT2D eigenvalue weighted by Gasteiger charge is -2.42. The number of para-hydroxylation sites is 1. The van der Waals surface area contributed by atoms with Crippen LogP contribution in [0.15, 0.2) is 59.5 Å². The van der Waals surface area contributed by atoms with E-state index in [1.807, 2.05) is 0 Å². The van der Waals surface area contributed by atoms with Crippen molar-refractivity contribution >= 4 is 27.8 Å². The molecule has 1 aromatic heterocycles. The van der Waals surface area contributed by atoms with Crippen LogP contribution in [-0.4, -0.2) is 60.7 Å². The van der Waals surface area contributed by atoms with Gasteiger partial charge in [-0.1, -0.05) is 29.5 Å². The van der Waals surface area contributed by atoms with E-state index in [0.29, 0.717) is 27.9 Å². The lowest BCUT2D eigenvalue weighted by atomic mass is 9.86. The first kappa shape index (κ1) is 31.6. The van der Waals surface area contributed by atoms with Crippen LogP contribution in [0.2, 0.25) is 0 Å². The highest BCUT2D eigenvalue weighted by Crippen LogP contribution is 2.57. The van der Waals surface area contributed by atoms with Gasteiger partial charge in [0.05, 0.1) is 32.2 Å². The Morgan fingerprint density at radius 1 is 1.16 bits per heavy atom. The predicted molar refractivity (Wildman–Crippen MR) is 158 cm³/mol. The number of hydrogen-bond acceptors (Lipinski definition) is 9. The number of halogens is 3.